The molecule has 0 N–H and O–H groups in total. The Labute approximate surface area is 111 Å². The maximum atomic E-state index is 12.3. The van der Waals surface area contributed by atoms with E-state index in [-0.39, 0.29) is 11.7 Å². The van der Waals surface area contributed by atoms with Crippen LogP contribution < -0.4 is 0 Å². The summed E-state index contributed by atoms with van der Waals surface area (Å²) in [6.45, 7) is 2.99. The van der Waals surface area contributed by atoms with Crippen molar-refractivity contribution in [3.8, 4) is 0 Å². The standard InChI is InChI=1S/C15H15NO3/c1-10-2-3-13-11(8-10)9-14(19-13)15(18)16-6-4-12(17)5-7-16/h2-3,8-9H,4-7H2,1H3. The number of hydrogen-bond acceptors (Lipinski definition) is 3. The van der Waals surface area contributed by atoms with Gasteiger partial charge in [0.15, 0.2) is 5.76 Å². The molecule has 0 spiro atoms. The summed E-state index contributed by atoms with van der Waals surface area (Å²) in [5.74, 6) is 0.459. The molecule has 1 aromatic heterocycles. The summed E-state index contributed by atoms with van der Waals surface area (Å²) in [6, 6.07) is 7.61. The van der Waals surface area contributed by atoms with Gasteiger partial charge in [0.05, 0.1) is 0 Å². The number of nitrogens with zero attached hydrogens (tertiary/aromatic N) is 1. The van der Waals surface area contributed by atoms with Crippen LogP contribution in [0.3, 0.4) is 0 Å². The van der Waals surface area contributed by atoms with Crippen LogP contribution in [0.5, 0.6) is 0 Å². The molecule has 1 fully saturated rings. The van der Waals surface area contributed by atoms with Crippen molar-refractivity contribution in [2.75, 3.05) is 13.1 Å². The first kappa shape index (κ1) is 12.0. The van der Waals surface area contributed by atoms with Crippen LogP contribution >= 0.6 is 0 Å². The number of ketones is 1. The third-order valence-corrected chi connectivity index (χ3v) is 3.49. The summed E-state index contributed by atoms with van der Waals surface area (Å²) in [7, 11) is 0. The molecule has 0 radical (unpaired) electrons. The minimum atomic E-state index is -0.124. The fourth-order valence-electron chi connectivity index (χ4n) is 2.38. The van der Waals surface area contributed by atoms with Gasteiger partial charge in [-0.15, -0.1) is 0 Å². The van der Waals surface area contributed by atoms with Gasteiger partial charge >= 0.3 is 0 Å². The molecule has 2 heterocycles. The predicted molar refractivity (Wildman–Crippen MR) is 71.1 cm³/mol. The van der Waals surface area contributed by atoms with Crippen LogP contribution in [-0.2, 0) is 4.79 Å². The van der Waals surface area contributed by atoms with Crippen LogP contribution in [0.25, 0.3) is 11.0 Å². The zero-order valence-corrected chi connectivity index (χ0v) is 10.8. The van der Waals surface area contributed by atoms with Crippen LogP contribution in [0, 0.1) is 6.92 Å². The van der Waals surface area contributed by atoms with E-state index >= 15 is 0 Å². The molecule has 1 amide bonds. The Bertz CT molecular complexity index is 646. The van der Waals surface area contributed by atoms with Gasteiger partial charge < -0.3 is 9.32 Å². The molecule has 0 atom stereocenters. The van der Waals surface area contributed by atoms with Gasteiger partial charge in [0.2, 0.25) is 0 Å². The highest BCUT2D eigenvalue weighted by Crippen LogP contribution is 2.22. The van der Waals surface area contributed by atoms with E-state index < -0.39 is 0 Å². The number of Topliss-reactive ketones (excluding diaryl/α,β-unsaturated/α-hetero) is 1. The normalized spacial score (nSPS) is 16.1. The number of carbonyl (C=O) groups is 2. The van der Waals surface area contributed by atoms with Gasteiger partial charge in [0, 0.05) is 31.3 Å². The van der Waals surface area contributed by atoms with Crippen LogP contribution in [0.1, 0.15) is 29.0 Å². The van der Waals surface area contributed by atoms with Crippen LogP contribution in [0.4, 0.5) is 0 Å². The monoisotopic (exact) mass is 257 g/mol. The molecule has 1 saturated heterocycles. The fraction of sp³-hybridized carbons (Fsp3) is 0.333. The van der Waals surface area contributed by atoms with Crippen LogP contribution in [0.2, 0.25) is 0 Å². The molecule has 2 aromatic rings. The molecule has 1 aliphatic heterocycles. The zero-order valence-electron chi connectivity index (χ0n) is 10.8. The second-order valence-electron chi connectivity index (χ2n) is 4.98. The molecule has 19 heavy (non-hydrogen) atoms. The number of benzene rings is 1. The number of fused-ring (bicyclic) bond motifs is 1. The first-order valence-corrected chi connectivity index (χ1v) is 6.45. The van der Waals surface area contributed by atoms with Crippen molar-refractivity contribution in [2.24, 2.45) is 0 Å². The Hall–Kier alpha value is -2.10. The van der Waals surface area contributed by atoms with E-state index in [1.165, 1.54) is 0 Å². The molecule has 0 aliphatic carbocycles. The lowest BCUT2D eigenvalue weighted by molar-refractivity contribution is -0.120. The first-order valence-electron chi connectivity index (χ1n) is 6.45. The van der Waals surface area contributed by atoms with Crippen molar-refractivity contribution < 1.29 is 14.0 Å². The van der Waals surface area contributed by atoms with E-state index in [2.05, 4.69) is 0 Å². The lowest BCUT2D eigenvalue weighted by Crippen LogP contribution is -2.38. The second-order valence-corrected chi connectivity index (χ2v) is 4.98. The summed E-state index contributed by atoms with van der Waals surface area (Å²) in [5.41, 5.74) is 1.86. The van der Waals surface area contributed by atoms with E-state index in [1.54, 1.807) is 11.0 Å². The molecule has 3 rings (SSSR count). The number of hydrogen-bond donors (Lipinski definition) is 0. The molecular weight excluding hydrogens is 242 g/mol. The Kier molecular flexibility index (Phi) is 2.85. The van der Waals surface area contributed by atoms with E-state index in [4.69, 9.17) is 4.42 Å². The summed E-state index contributed by atoms with van der Waals surface area (Å²) in [6.07, 6.45) is 0.899. The van der Waals surface area contributed by atoms with Gasteiger partial charge in [0.1, 0.15) is 11.4 Å². The third kappa shape index (κ3) is 2.26. The third-order valence-electron chi connectivity index (χ3n) is 3.49. The quantitative estimate of drug-likeness (QED) is 0.788. The van der Waals surface area contributed by atoms with Crippen molar-refractivity contribution in [3.63, 3.8) is 0 Å². The van der Waals surface area contributed by atoms with Gasteiger partial charge in [-0.3, -0.25) is 9.59 Å². The molecule has 1 aromatic carbocycles. The summed E-state index contributed by atoms with van der Waals surface area (Å²) < 4.78 is 5.59. The predicted octanol–water partition coefficient (Wildman–Crippen LogP) is 2.55. The lowest BCUT2D eigenvalue weighted by Gasteiger charge is -2.24. The maximum Gasteiger partial charge on any atom is 0.289 e. The van der Waals surface area contributed by atoms with E-state index in [0.29, 0.717) is 31.7 Å². The first-order chi connectivity index (χ1) is 9.13. The molecule has 4 heteroatoms. The van der Waals surface area contributed by atoms with Crippen LogP contribution in [-0.4, -0.2) is 29.7 Å². The number of carbonyl (C=O) groups excluding carboxylic acids is 2. The highest BCUT2D eigenvalue weighted by molar-refractivity contribution is 5.97. The number of likely N-dealkylation sites (tertiary alicyclic amines) is 1. The Balaban J connectivity index is 1.87. The van der Waals surface area contributed by atoms with Crippen molar-refractivity contribution in [1.29, 1.82) is 0 Å². The largest absolute Gasteiger partial charge is 0.451 e. The van der Waals surface area contributed by atoms with Gasteiger partial charge in [-0.05, 0) is 25.1 Å². The minimum Gasteiger partial charge on any atom is -0.451 e. The highest BCUT2D eigenvalue weighted by Gasteiger charge is 2.24. The minimum absolute atomic E-state index is 0.124. The lowest BCUT2D eigenvalue weighted by atomic mass is 10.1. The Morgan fingerprint density at radius 1 is 1.21 bits per heavy atom. The number of piperidine rings is 1. The Morgan fingerprint density at radius 3 is 2.68 bits per heavy atom. The smallest absolute Gasteiger partial charge is 0.289 e. The van der Waals surface area contributed by atoms with Crippen molar-refractivity contribution >= 4 is 22.7 Å². The van der Waals surface area contributed by atoms with Crippen molar-refractivity contribution in [2.45, 2.75) is 19.8 Å². The zero-order chi connectivity index (χ0) is 13.4. The Morgan fingerprint density at radius 2 is 1.95 bits per heavy atom. The number of aryl methyl sites for hydroxylation is 1. The molecular formula is C15H15NO3. The fourth-order valence-corrected chi connectivity index (χ4v) is 2.38. The van der Waals surface area contributed by atoms with Gasteiger partial charge in [-0.1, -0.05) is 11.6 Å². The van der Waals surface area contributed by atoms with Gasteiger partial charge in [-0.2, -0.15) is 0 Å². The molecule has 4 nitrogen and oxygen atoms in total. The number of furan rings is 1. The van der Waals surface area contributed by atoms with Crippen molar-refractivity contribution in [1.82, 2.24) is 4.90 Å². The summed E-state index contributed by atoms with van der Waals surface area (Å²) in [4.78, 5) is 25.2. The van der Waals surface area contributed by atoms with Gasteiger partial charge in [-0.25, -0.2) is 0 Å². The topological polar surface area (TPSA) is 50.5 Å². The van der Waals surface area contributed by atoms with E-state index in [1.807, 2.05) is 25.1 Å². The van der Waals surface area contributed by atoms with Gasteiger partial charge in [0.25, 0.3) is 5.91 Å². The number of amides is 1. The van der Waals surface area contributed by atoms with E-state index in [0.717, 1.165) is 16.5 Å². The molecule has 98 valence electrons. The maximum absolute atomic E-state index is 12.3. The van der Waals surface area contributed by atoms with Crippen LogP contribution in [0.15, 0.2) is 28.7 Å². The molecule has 0 unspecified atom stereocenters. The summed E-state index contributed by atoms with van der Waals surface area (Å²) in [5, 5.41) is 0.941. The summed E-state index contributed by atoms with van der Waals surface area (Å²) >= 11 is 0. The molecule has 1 aliphatic rings. The SMILES string of the molecule is Cc1ccc2oc(C(=O)N3CCC(=O)CC3)cc2c1. The highest BCUT2D eigenvalue weighted by atomic mass is 16.3. The second kappa shape index (κ2) is 4.53. The number of rotatable bonds is 1. The van der Waals surface area contributed by atoms with Crippen molar-refractivity contribution in [3.05, 3.63) is 35.6 Å². The molecule has 0 bridgehead atoms. The van der Waals surface area contributed by atoms with E-state index in [9.17, 15) is 9.59 Å². The average molecular weight is 257 g/mol. The molecule has 0 saturated carbocycles. The average Bonchev–Trinajstić information content (AvgIpc) is 2.81.